The molecule has 0 saturated carbocycles. The average Bonchev–Trinajstić information content (AvgIpc) is 3.22. The summed E-state index contributed by atoms with van der Waals surface area (Å²) in [4.78, 5) is 8.01. The highest BCUT2D eigenvalue weighted by molar-refractivity contribution is 14.0. The van der Waals surface area contributed by atoms with Gasteiger partial charge in [0.25, 0.3) is 0 Å². The van der Waals surface area contributed by atoms with Gasteiger partial charge >= 0.3 is 0 Å². The Balaban J connectivity index is 0.00000225. The van der Waals surface area contributed by atoms with Gasteiger partial charge in [-0.25, -0.2) is 0 Å². The van der Waals surface area contributed by atoms with Gasteiger partial charge in [0.05, 0.1) is 12.6 Å². The molecule has 1 aromatic heterocycles. The van der Waals surface area contributed by atoms with Crippen molar-refractivity contribution in [3.05, 3.63) is 35.5 Å². The van der Waals surface area contributed by atoms with Crippen LogP contribution in [-0.4, -0.2) is 43.3 Å². The van der Waals surface area contributed by atoms with E-state index < -0.39 is 0 Å². The largest absolute Gasteiger partial charge is 0.376 e. The first-order valence-corrected chi connectivity index (χ1v) is 8.96. The number of nitrogens with one attached hydrogen (secondary N) is 3. The first kappa shape index (κ1) is 20.0. The fraction of sp³-hybridized carbons (Fsp3) is 0.526. The molecule has 0 bridgehead atoms. The topological polar surface area (TPSA) is 61.4 Å². The van der Waals surface area contributed by atoms with Crippen LogP contribution in [0, 0.1) is 6.92 Å². The summed E-state index contributed by atoms with van der Waals surface area (Å²) in [6.45, 7) is 7.55. The molecule has 138 valence electrons. The lowest BCUT2D eigenvalue weighted by Gasteiger charge is -2.12. The predicted molar refractivity (Wildman–Crippen MR) is 115 cm³/mol. The third kappa shape index (κ3) is 5.60. The molecule has 1 aliphatic rings. The van der Waals surface area contributed by atoms with Crippen molar-refractivity contribution in [2.45, 2.75) is 39.2 Å². The molecule has 1 saturated heterocycles. The zero-order valence-corrected chi connectivity index (χ0v) is 17.4. The van der Waals surface area contributed by atoms with Crippen LogP contribution in [0.4, 0.5) is 0 Å². The monoisotopic (exact) mass is 456 g/mol. The molecule has 3 N–H and O–H groups in total. The van der Waals surface area contributed by atoms with Crippen LogP contribution in [-0.2, 0) is 11.2 Å². The zero-order valence-electron chi connectivity index (χ0n) is 15.1. The Bertz CT molecular complexity index is 692. The number of aromatic amines is 1. The second kappa shape index (κ2) is 10.0. The number of aromatic nitrogens is 1. The van der Waals surface area contributed by atoms with Gasteiger partial charge in [-0.1, -0.05) is 12.1 Å². The van der Waals surface area contributed by atoms with Crippen LogP contribution in [0.1, 0.15) is 30.9 Å². The number of fused-ring (bicyclic) bond motifs is 1. The van der Waals surface area contributed by atoms with Gasteiger partial charge in [0, 0.05) is 36.8 Å². The minimum atomic E-state index is 0. The number of nitrogens with zero attached hydrogens (tertiary/aromatic N) is 1. The number of aryl methyl sites for hydroxylation is 1. The quantitative estimate of drug-likeness (QED) is 0.355. The molecule has 3 rings (SSSR count). The van der Waals surface area contributed by atoms with Crippen LogP contribution >= 0.6 is 24.0 Å². The average molecular weight is 456 g/mol. The van der Waals surface area contributed by atoms with E-state index in [-0.39, 0.29) is 30.1 Å². The third-order valence-electron chi connectivity index (χ3n) is 4.43. The molecule has 6 heteroatoms. The van der Waals surface area contributed by atoms with Crippen LogP contribution < -0.4 is 10.6 Å². The van der Waals surface area contributed by atoms with E-state index in [1.807, 2.05) is 0 Å². The molecule has 1 unspecified atom stereocenters. The summed E-state index contributed by atoms with van der Waals surface area (Å²) < 4.78 is 5.64. The molecule has 1 aromatic carbocycles. The van der Waals surface area contributed by atoms with Crippen LogP contribution in [0.15, 0.2) is 29.4 Å². The molecule has 1 aliphatic heterocycles. The maximum Gasteiger partial charge on any atom is 0.191 e. The van der Waals surface area contributed by atoms with Gasteiger partial charge in [0.15, 0.2) is 5.96 Å². The minimum Gasteiger partial charge on any atom is -0.376 e. The Morgan fingerprint density at radius 3 is 3.00 bits per heavy atom. The van der Waals surface area contributed by atoms with Crippen LogP contribution in [0.3, 0.4) is 0 Å². The van der Waals surface area contributed by atoms with E-state index in [2.05, 4.69) is 58.9 Å². The Morgan fingerprint density at radius 2 is 2.24 bits per heavy atom. The van der Waals surface area contributed by atoms with Gasteiger partial charge in [0.1, 0.15) is 0 Å². The lowest BCUT2D eigenvalue weighted by molar-refractivity contribution is 0.117. The number of rotatable bonds is 6. The molecular weight excluding hydrogens is 427 g/mol. The summed E-state index contributed by atoms with van der Waals surface area (Å²) >= 11 is 0. The molecule has 1 atom stereocenters. The Hall–Kier alpha value is -1.28. The lowest BCUT2D eigenvalue weighted by atomic mass is 10.1. The summed E-state index contributed by atoms with van der Waals surface area (Å²) in [7, 11) is 0. The Kier molecular flexibility index (Phi) is 8.02. The number of hydrogen-bond donors (Lipinski definition) is 3. The summed E-state index contributed by atoms with van der Waals surface area (Å²) in [5, 5.41) is 8.04. The normalized spacial score (nSPS) is 17.5. The number of hydrogen-bond acceptors (Lipinski definition) is 2. The van der Waals surface area contributed by atoms with Gasteiger partial charge in [-0.05, 0) is 50.3 Å². The van der Waals surface area contributed by atoms with E-state index in [1.165, 1.54) is 22.0 Å². The third-order valence-corrected chi connectivity index (χ3v) is 4.43. The van der Waals surface area contributed by atoms with Crippen LogP contribution in [0.2, 0.25) is 0 Å². The van der Waals surface area contributed by atoms with E-state index in [0.717, 1.165) is 51.5 Å². The Labute approximate surface area is 167 Å². The van der Waals surface area contributed by atoms with E-state index in [0.29, 0.717) is 0 Å². The van der Waals surface area contributed by atoms with Crippen molar-refractivity contribution in [1.82, 2.24) is 15.6 Å². The summed E-state index contributed by atoms with van der Waals surface area (Å²) in [5.41, 5.74) is 3.83. The molecule has 2 heterocycles. The maximum atomic E-state index is 5.64. The van der Waals surface area contributed by atoms with Gasteiger partial charge < -0.3 is 20.4 Å². The molecule has 5 nitrogen and oxygen atoms in total. The smallest absolute Gasteiger partial charge is 0.191 e. The standard InChI is InChI=1S/C19H28N4O.HI/c1-3-20-19(23-13-16-5-4-10-24-16)21-9-8-15-12-22-18-11-14(2)6-7-17(15)18;/h6-7,11-12,16,22H,3-5,8-10,13H2,1-2H3,(H2,20,21,23);1H. The van der Waals surface area contributed by atoms with Crippen molar-refractivity contribution in [3.63, 3.8) is 0 Å². The summed E-state index contributed by atoms with van der Waals surface area (Å²) in [6, 6.07) is 6.56. The lowest BCUT2D eigenvalue weighted by Crippen LogP contribution is -2.38. The number of benzene rings is 1. The van der Waals surface area contributed by atoms with Crippen molar-refractivity contribution in [3.8, 4) is 0 Å². The Morgan fingerprint density at radius 1 is 1.36 bits per heavy atom. The second-order valence-corrected chi connectivity index (χ2v) is 6.39. The molecule has 2 aromatic rings. The zero-order chi connectivity index (χ0) is 16.8. The summed E-state index contributed by atoms with van der Waals surface area (Å²) in [6.07, 6.45) is 5.65. The second-order valence-electron chi connectivity index (χ2n) is 6.39. The molecule has 25 heavy (non-hydrogen) atoms. The van der Waals surface area contributed by atoms with Gasteiger partial charge in [-0.2, -0.15) is 0 Å². The number of halogens is 1. The van der Waals surface area contributed by atoms with Crippen LogP contribution in [0.5, 0.6) is 0 Å². The molecule has 0 aliphatic carbocycles. The van der Waals surface area contributed by atoms with Gasteiger partial charge in [-0.15, -0.1) is 24.0 Å². The van der Waals surface area contributed by atoms with E-state index in [1.54, 1.807) is 0 Å². The highest BCUT2D eigenvalue weighted by atomic mass is 127. The highest BCUT2D eigenvalue weighted by Gasteiger charge is 2.14. The molecule has 0 spiro atoms. The van der Waals surface area contributed by atoms with Crippen molar-refractivity contribution in [1.29, 1.82) is 0 Å². The first-order valence-electron chi connectivity index (χ1n) is 8.96. The predicted octanol–water partition coefficient (Wildman–Crippen LogP) is 3.37. The highest BCUT2D eigenvalue weighted by Crippen LogP contribution is 2.19. The number of aliphatic imine (C=N–C) groups is 1. The number of H-pyrrole nitrogens is 1. The van der Waals surface area contributed by atoms with E-state index in [9.17, 15) is 0 Å². The van der Waals surface area contributed by atoms with Crippen molar-refractivity contribution >= 4 is 40.8 Å². The molecule has 0 amide bonds. The molecular formula is C19H29IN4O. The van der Waals surface area contributed by atoms with Gasteiger partial charge in [-0.3, -0.25) is 4.99 Å². The van der Waals surface area contributed by atoms with Crippen molar-refractivity contribution in [2.24, 2.45) is 4.99 Å². The maximum absolute atomic E-state index is 5.64. The minimum absolute atomic E-state index is 0. The molecule has 0 radical (unpaired) electrons. The molecule has 1 fully saturated rings. The fourth-order valence-corrected chi connectivity index (χ4v) is 3.15. The van der Waals surface area contributed by atoms with Crippen molar-refractivity contribution < 1.29 is 4.74 Å². The van der Waals surface area contributed by atoms with Crippen LogP contribution in [0.25, 0.3) is 10.9 Å². The first-order chi connectivity index (χ1) is 11.8. The van der Waals surface area contributed by atoms with Gasteiger partial charge in [0.2, 0.25) is 0 Å². The number of ether oxygens (including phenoxy) is 1. The SMILES string of the molecule is CCNC(=NCC1CCCO1)NCCc1c[nH]c2cc(C)ccc12.I. The van der Waals surface area contributed by atoms with Crippen molar-refractivity contribution in [2.75, 3.05) is 26.2 Å². The number of guanidine groups is 1. The van der Waals surface area contributed by atoms with E-state index in [4.69, 9.17) is 4.74 Å². The fourth-order valence-electron chi connectivity index (χ4n) is 3.15. The summed E-state index contributed by atoms with van der Waals surface area (Å²) in [5.74, 6) is 0.878. The van der Waals surface area contributed by atoms with E-state index >= 15 is 0 Å².